The fourth-order valence-electron chi connectivity index (χ4n) is 1.97. The van der Waals surface area contributed by atoms with Crippen molar-refractivity contribution in [3.05, 3.63) is 35.6 Å². The Hall–Kier alpha value is -0.890. The maximum atomic E-state index is 12.7. The van der Waals surface area contributed by atoms with E-state index in [9.17, 15) is 4.39 Å². The molecule has 15 heavy (non-hydrogen) atoms. The molecule has 1 saturated carbocycles. The minimum absolute atomic E-state index is 0.166. The third-order valence-electron chi connectivity index (χ3n) is 3.21. The Balaban J connectivity index is 1.94. The molecule has 0 aliphatic heterocycles. The molecular weight excluding hydrogens is 189 g/mol. The summed E-state index contributed by atoms with van der Waals surface area (Å²) in [6, 6.07) is 7.63. The molecule has 0 spiro atoms. The van der Waals surface area contributed by atoms with Gasteiger partial charge >= 0.3 is 0 Å². The van der Waals surface area contributed by atoms with Gasteiger partial charge in [-0.2, -0.15) is 0 Å². The van der Waals surface area contributed by atoms with Gasteiger partial charge < -0.3 is 5.32 Å². The predicted octanol–water partition coefficient (Wildman–Crippen LogP) is 3.27. The zero-order valence-corrected chi connectivity index (χ0v) is 9.33. The number of hydrogen-bond donors (Lipinski definition) is 1. The summed E-state index contributed by atoms with van der Waals surface area (Å²) in [5.74, 6) is 0.689. The normalized spacial score (nSPS) is 19.9. The molecule has 0 heterocycles. The van der Waals surface area contributed by atoms with Crippen molar-refractivity contribution >= 4 is 0 Å². The average Bonchev–Trinajstić information content (AvgIpc) is 3.01. The van der Waals surface area contributed by atoms with Crippen molar-refractivity contribution in [2.45, 2.75) is 38.8 Å². The molecule has 0 aromatic heterocycles. The highest BCUT2D eigenvalue weighted by molar-refractivity contribution is 5.19. The van der Waals surface area contributed by atoms with Gasteiger partial charge in [0, 0.05) is 12.1 Å². The van der Waals surface area contributed by atoms with Crippen LogP contribution in [0.15, 0.2) is 24.3 Å². The van der Waals surface area contributed by atoms with Gasteiger partial charge in [0.1, 0.15) is 5.82 Å². The van der Waals surface area contributed by atoms with Crippen LogP contribution >= 0.6 is 0 Å². The van der Waals surface area contributed by atoms with Gasteiger partial charge in [0.15, 0.2) is 0 Å². The monoisotopic (exact) mass is 207 g/mol. The van der Waals surface area contributed by atoms with E-state index in [4.69, 9.17) is 0 Å². The molecule has 1 aliphatic rings. The van der Waals surface area contributed by atoms with Crippen LogP contribution in [0, 0.1) is 11.7 Å². The van der Waals surface area contributed by atoms with Crippen molar-refractivity contribution in [1.29, 1.82) is 0 Å². The second-order valence-corrected chi connectivity index (χ2v) is 4.57. The first-order valence-electron chi connectivity index (χ1n) is 5.68. The standard InChI is InChI=1S/C13H18FN/c1-9(11-3-4-11)15-10(2)12-5-7-13(14)8-6-12/h5-11,15H,3-4H2,1-2H3/t9?,10-/m1/s1. The van der Waals surface area contributed by atoms with Gasteiger partial charge in [-0.05, 0) is 50.3 Å². The van der Waals surface area contributed by atoms with Crippen LogP contribution < -0.4 is 5.32 Å². The van der Waals surface area contributed by atoms with Crippen LogP contribution in [-0.4, -0.2) is 6.04 Å². The Kier molecular flexibility index (Phi) is 3.06. The molecule has 0 saturated heterocycles. The number of benzene rings is 1. The summed E-state index contributed by atoms with van der Waals surface area (Å²) in [7, 11) is 0. The van der Waals surface area contributed by atoms with Crippen LogP contribution in [0.25, 0.3) is 0 Å². The summed E-state index contributed by atoms with van der Waals surface area (Å²) in [5, 5.41) is 3.56. The fourth-order valence-corrected chi connectivity index (χ4v) is 1.97. The number of halogens is 1. The minimum Gasteiger partial charge on any atom is -0.307 e. The van der Waals surface area contributed by atoms with Crippen molar-refractivity contribution in [2.75, 3.05) is 0 Å². The van der Waals surface area contributed by atoms with Crippen molar-refractivity contribution in [1.82, 2.24) is 5.32 Å². The molecule has 82 valence electrons. The zero-order chi connectivity index (χ0) is 10.8. The molecule has 0 bridgehead atoms. The van der Waals surface area contributed by atoms with E-state index in [1.54, 1.807) is 0 Å². The quantitative estimate of drug-likeness (QED) is 0.799. The van der Waals surface area contributed by atoms with E-state index in [0.29, 0.717) is 12.1 Å². The van der Waals surface area contributed by atoms with Gasteiger partial charge in [0.2, 0.25) is 0 Å². The van der Waals surface area contributed by atoms with Gasteiger partial charge in [-0.3, -0.25) is 0 Å². The second-order valence-electron chi connectivity index (χ2n) is 4.57. The molecule has 1 unspecified atom stereocenters. The Bertz CT molecular complexity index is 316. The van der Waals surface area contributed by atoms with E-state index in [1.165, 1.54) is 25.0 Å². The maximum absolute atomic E-state index is 12.7. The van der Waals surface area contributed by atoms with E-state index in [2.05, 4.69) is 19.2 Å². The van der Waals surface area contributed by atoms with Crippen molar-refractivity contribution in [3.8, 4) is 0 Å². The van der Waals surface area contributed by atoms with Gasteiger partial charge in [-0.15, -0.1) is 0 Å². The molecule has 0 amide bonds. The molecule has 1 N–H and O–H groups in total. The van der Waals surface area contributed by atoms with Crippen LogP contribution in [0.1, 0.15) is 38.3 Å². The summed E-state index contributed by atoms with van der Waals surface area (Å²) in [5.41, 5.74) is 1.16. The molecule has 2 atom stereocenters. The van der Waals surface area contributed by atoms with E-state index in [1.807, 2.05) is 12.1 Å². The second kappa shape index (κ2) is 4.31. The lowest BCUT2D eigenvalue weighted by atomic mass is 10.1. The molecule has 1 aromatic carbocycles. The van der Waals surface area contributed by atoms with Gasteiger partial charge in [-0.25, -0.2) is 4.39 Å². The first-order valence-corrected chi connectivity index (χ1v) is 5.68. The lowest BCUT2D eigenvalue weighted by molar-refractivity contribution is 0.441. The number of rotatable bonds is 4. The summed E-state index contributed by atoms with van der Waals surface area (Å²) < 4.78 is 12.7. The van der Waals surface area contributed by atoms with Crippen LogP contribution in [-0.2, 0) is 0 Å². The highest BCUT2D eigenvalue weighted by atomic mass is 19.1. The maximum Gasteiger partial charge on any atom is 0.123 e. The summed E-state index contributed by atoms with van der Waals surface area (Å²) in [4.78, 5) is 0. The van der Waals surface area contributed by atoms with Crippen LogP contribution in [0.2, 0.25) is 0 Å². The molecule has 2 heteroatoms. The summed E-state index contributed by atoms with van der Waals surface area (Å²) in [6.45, 7) is 4.36. The largest absolute Gasteiger partial charge is 0.307 e. The average molecular weight is 207 g/mol. The van der Waals surface area contributed by atoms with Gasteiger partial charge in [-0.1, -0.05) is 12.1 Å². The predicted molar refractivity (Wildman–Crippen MR) is 60.1 cm³/mol. The number of hydrogen-bond acceptors (Lipinski definition) is 1. The molecule has 0 radical (unpaired) electrons. The topological polar surface area (TPSA) is 12.0 Å². The Morgan fingerprint density at radius 1 is 1.20 bits per heavy atom. The van der Waals surface area contributed by atoms with Crippen LogP contribution in [0.4, 0.5) is 4.39 Å². The Morgan fingerprint density at radius 2 is 1.80 bits per heavy atom. The third kappa shape index (κ3) is 2.78. The van der Waals surface area contributed by atoms with Crippen LogP contribution in [0.5, 0.6) is 0 Å². The third-order valence-corrected chi connectivity index (χ3v) is 3.21. The SMILES string of the molecule is CC(N[C@H](C)c1ccc(F)cc1)C1CC1. The first kappa shape index (κ1) is 10.6. The van der Waals surface area contributed by atoms with Crippen LogP contribution in [0.3, 0.4) is 0 Å². The molecule has 1 aliphatic carbocycles. The van der Waals surface area contributed by atoms with E-state index < -0.39 is 0 Å². The van der Waals surface area contributed by atoms with Crippen molar-refractivity contribution in [2.24, 2.45) is 5.92 Å². The van der Waals surface area contributed by atoms with E-state index in [0.717, 1.165) is 11.5 Å². The molecule has 1 nitrogen and oxygen atoms in total. The van der Waals surface area contributed by atoms with E-state index >= 15 is 0 Å². The summed E-state index contributed by atoms with van der Waals surface area (Å²) >= 11 is 0. The zero-order valence-electron chi connectivity index (χ0n) is 9.33. The molecular formula is C13H18FN. The smallest absolute Gasteiger partial charge is 0.123 e. The van der Waals surface area contributed by atoms with Crippen molar-refractivity contribution < 1.29 is 4.39 Å². The van der Waals surface area contributed by atoms with E-state index in [-0.39, 0.29) is 5.82 Å². The van der Waals surface area contributed by atoms with Gasteiger partial charge in [0.25, 0.3) is 0 Å². The fraction of sp³-hybridized carbons (Fsp3) is 0.538. The summed E-state index contributed by atoms with van der Waals surface area (Å²) in [6.07, 6.45) is 2.70. The minimum atomic E-state index is -0.166. The lowest BCUT2D eigenvalue weighted by Gasteiger charge is -2.20. The lowest BCUT2D eigenvalue weighted by Crippen LogP contribution is -2.30. The molecule has 1 fully saturated rings. The highest BCUT2D eigenvalue weighted by Gasteiger charge is 2.28. The Labute approximate surface area is 90.7 Å². The molecule has 1 aromatic rings. The first-order chi connectivity index (χ1) is 7.16. The molecule has 2 rings (SSSR count). The van der Waals surface area contributed by atoms with Gasteiger partial charge in [0.05, 0.1) is 0 Å². The highest BCUT2D eigenvalue weighted by Crippen LogP contribution is 2.33. The van der Waals surface area contributed by atoms with Crippen molar-refractivity contribution in [3.63, 3.8) is 0 Å². The Morgan fingerprint density at radius 3 is 2.33 bits per heavy atom. The number of nitrogens with one attached hydrogen (secondary N) is 1.